The number of amides is 1. The molecule has 3 rings (SSSR count). The van der Waals surface area contributed by atoms with Crippen molar-refractivity contribution in [3.8, 4) is 10.4 Å². The number of thiazole rings is 1. The number of allylic oxidation sites excluding steroid dienone is 1. The third kappa shape index (κ3) is 4.28. The zero-order valence-corrected chi connectivity index (χ0v) is 16.0. The summed E-state index contributed by atoms with van der Waals surface area (Å²) < 4.78 is 5.60. The van der Waals surface area contributed by atoms with Crippen molar-refractivity contribution in [3.05, 3.63) is 47.6 Å². The number of ether oxygens (including phenoxy) is 1. The molecule has 0 spiro atoms. The van der Waals surface area contributed by atoms with Gasteiger partial charge in [-0.05, 0) is 44.2 Å². The molecule has 1 aliphatic rings. The minimum atomic E-state index is -0.501. The molecule has 1 unspecified atom stereocenters. The highest BCUT2D eigenvalue weighted by atomic mass is 32.1. The van der Waals surface area contributed by atoms with Crippen LogP contribution in [-0.2, 0) is 4.74 Å². The molecule has 4 nitrogen and oxygen atoms in total. The summed E-state index contributed by atoms with van der Waals surface area (Å²) in [6, 6.07) is 8.28. The molecule has 5 heteroatoms. The third-order valence-corrected chi connectivity index (χ3v) is 4.83. The van der Waals surface area contributed by atoms with Crippen molar-refractivity contribution in [1.82, 2.24) is 9.88 Å². The van der Waals surface area contributed by atoms with Gasteiger partial charge in [-0.15, -0.1) is 11.3 Å². The predicted octanol–water partition coefficient (Wildman–Crippen LogP) is 5.43. The van der Waals surface area contributed by atoms with Crippen LogP contribution in [0.2, 0.25) is 0 Å². The van der Waals surface area contributed by atoms with Gasteiger partial charge in [-0.2, -0.15) is 0 Å². The molecule has 0 fully saturated rings. The lowest BCUT2D eigenvalue weighted by molar-refractivity contribution is 0.0327. The molecule has 2 aromatic rings. The number of nitrogens with zero attached hydrogens (tertiary/aromatic N) is 2. The predicted molar refractivity (Wildman–Crippen MR) is 102 cm³/mol. The SMILES string of the molecule is CC1CC=C(c2ccc(-c3cncs3)cc2)N(C(=O)OC(C)(C)C)C1. The van der Waals surface area contributed by atoms with E-state index in [1.54, 1.807) is 16.2 Å². The van der Waals surface area contributed by atoms with Gasteiger partial charge in [0.25, 0.3) is 0 Å². The Kier molecular flexibility index (Phi) is 4.95. The summed E-state index contributed by atoms with van der Waals surface area (Å²) in [4.78, 5) is 19.7. The van der Waals surface area contributed by atoms with E-state index < -0.39 is 5.60 Å². The van der Waals surface area contributed by atoms with Crippen LogP contribution in [0.3, 0.4) is 0 Å². The van der Waals surface area contributed by atoms with Crippen molar-refractivity contribution in [1.29, 1.82) is 0 Å². The Labute approximate surface area is 153 Å². The maximum atomic E-state index is 12.7. The first-order chi connectivity index (χ1) is 11.8. The maximum Gasteiger partial charge on any atom is 0.414 e. The van der Waals surface area contributed by atoms with Crippen LogP contribution in [0.5, 0.6) is 0 Å². The van der Waals surface area contributed by atoms with E-state index in [4.69, 9.17) is 4.74 Å². The molecule has 0 saturated carbocycles. The van der Waals surface area contributed by atoms with Crippen LogP contribution in [0, 0.1) is 5.92 Å². The molecule has 2 heterocycles. The summed E-state index contributed by atoms with van der Waals surface area (Å²) in [6.45, 7) is 8.51. The lowest BCUT2D eigenvalue weighted by Gasteiger charge is -2.34. The molecule has 0 bridgehead atoms. The molecule has 132 valence electrons. The first-order valence-electron chi connectivity index (χ1n) is 8.53. The lowest BCUT2D eigenvalue weighted by Crippen LogP contribution is -2.39. The Morgan fingerprint density at radius 2 is 1.92 bits per heavy atom. The molecule has 1 aromatic carbocycles. The number of carbonyl (C=O) groups excluding carboxylic acids is 1. The smallest absolute Gasteiger partial charge is 0.414 e. The second kappa shape index (κ2) is 7.00. The zero-order chi connectivity index (χ0) is 18.0. The fourth-order valence-electron chi connectivity index (χ4n) is 2.83. The summed E-state index contributed by atoms with van der Waals surface area (Å²) in [5, 5.41) is 0. The highest BCUT2D eigenvalue weighted by Crippen LogP contribution is 2.31. The van der Waals surface area contributed by atoms with Gasteiger partial charge in [0.2, 0.25) is 0 Å². The topological polar surface area (TPSA) is 42.4 Å². The minimum absolute atomic E-state index is 0.281. The summed E-state index contributed by atoms with van der Waals surface area (Å²) >= 11 is 1.62. The monoisotopic (exact) mass is 356 g/mol. The highest BCUT2D eigenvalue weighted by Gasteiger charge is 2.29. The standard InChI is InChI=1S/C20H24N2O2S/c1-14-5-10-17(22(12-14)19(23)24-20(2,3)4)15-6-8-16(9-7-15)18-11-21-13-25-18/h6-11,13-14H,5,12H2,1-4H3. The van der Waals surface area contributed by atoms with Crippen molar-refractivity contribution < 1.29 is 9.53 Å². The first-order valence-corrected chi connectivity index (χ1v) is 9.41. The van der Waals surface area contributed by atoms with Gasteiger partial charge >= 0.3 is 6.09 Å². The first kappa shape index (κ1) is 17.7. The van der Waals surface area contributed by atoms with Gasteiger partial charge in [0.15, 0.2) is 0 Å². The number of benzene rings is 1. The average molecular weight is 356 g/mol. The Balaban J connectivity index is 1.86. The third-order valence-electron chi connectivity index (χ3n) is 4.01. The van der Waals surface area contributed by atoms with Gasteiger partial charge in [-0.25, -0.2) is 4.79 Å². The van der Waals surface area contributed by atoms with Gasteiger partial charge in [-0.1, -0.05) is 37.3 Å². The molecule has 0 aliphatic carbocycles. The van der Waals surface area contributed by atoms with E-state index in [1.165, 1.54) is 0 Å². The van der Waals surface area contributed by atoms with Crippen LogP contribution >= 0.6 is 11.3 Å². The van der Waals surface area contributed by atoms with Crippen LogP contribution in [-0.4, -0.2) is 28.1 Å². The Bertz CT molecular complexity index is 758. The largest absolute Gasteiger partial charge is 0.443 e. The van der Waals surface area contributed by atoms with Crippen molar-refractivity contribution in [2.45, 2.75) is 39.7 Å². The van der Waals surface area contributed by atoms with E-state index in [9.17, 15) is 4.79 Å². The quantitative estimate of drug-likeness (QED) is 0.721. The van der Waals surface area contributed by atoms with Crippen molar-refractivity contribution in [2.75, 3.05) is 6.54 Å². The second-order valence-corrected chi connectivity index (χ2v) is 8.35. The number of hydrogen-bond donors (Lipinski definition) is 0. The van der Waals surface area contributed by atoms with Crippen LogP contribution in [0.1, 0.15) is 39.7 Å². The average Bonchev–Trinajstić information content (AvgIpc) is 3.08. The van der Waals surface area contributed by atoms with E-state index >= 15 is 0 Å². The summed E-state index contributed by atoms with van der Waals surface area (Å²) in [7, 11) is 0. The number of hydrogen-bond acceptors (Lipinski definition) is 4. The number of rotatable bonds is 2. The zero-order valence-electron chi connectivity index (χ0n) is 15.2. The lowest BCUT2D eigenvalue weighted by atomic mass is 9.98. The minimum Gasteiger partial charge on any atom is -0.443 e. The van der Waals surface area contributed by atoms with Gasteiger partial charge in [0, 0.05) is 12.7 Å². The summed E-state index contributed by atoms with van der Waals surface area (Å²) in [5.74, 6) is 0.424. The summed E-state index contributed by atoms with van der Waals surface area (Å²) in [5.41, 5.74) is 4.44. The Morgan fingerprint density at radius 1 is 1.24 bits per heavy atom. The summed E-state index contributed by atoms with van der Waals surface area (Å²) in [6.07, 6.45) is 4.69. The van der Waals surface area contributed by atoms with Crippen LogP contribution < -0.4 is 0 Å². The van der Waals surface area contributed by atoms with Gasteiger partial charge < -0.3 is 4.74 Å². The molecule has 1 amide bonds. The Morgan fingerprint density at radius 3 is 2.52 bits per heavy atom. The molecule has 1 aromatic heterocycles. The molecule has 0 N–H and O–H groups in total. The van der Waals surface area contributed by atoms with E-state index in [1.807, 2.05) is 32.5 Å². The van der Waals surface area contributed by atoms with E-state index in [0.717, 1.165) is 28.1 Å². The fourth-order valence-corrected chi connectivity index (χ4v) is 3.46. The maximum absolute atomic E-state index is 12.7. The van der Waals surface area contributed by atoms with Gasteiger partial charge in [0.05, 0.1) is 16.1 Å². The molecular formula is C20H24N2O2S. The molecular weight excluding hydrogens is 332 g/mol. The molecule has 25 heavy (non-hydrogen) atoms. The number of carbonyl (C=O) groups is 1. The molecule has 1 aliphatic heterocycles. The van der Waals surface area contributed by atoms with Crippen molar-refractivity contribution >= 4 is 23.1 Å². The number of aromatic nitrogens is 1. The highest BCUT2D eigenvalue weighted by molar-refractivity contribution is 7.13. The molecule has 0 saturated heterocycles. The van der Waals surface area contributed by atoms with Crippen LogP contribution in [0.4, 0.5) is 4.79 Å². The normalized spacial score (nSPS) is 18.0. The van der Waals surface area contributed by atoms with Crippen LogP contribution in [0.25, 0.3) is 16.1 Å². The van der Waals surface area contributed by atoms with Crippen molar-refractivity contribution in [3.63, 3.8) is 0 Å². The molecule has 1 atom stereocenters. The van der Waals surface area contributed by atoms with Gasteiger partial charge in [0.1, 0.15) is 5.60 Å². The van der Waals surface area contributed by atoms with Crippen molar-refractivity contribution in [2.24, 2.45) is 5.92 Å². The fraction of sp³-hybridized carbons (Fsp3) is 0.400. The van der Waals surface area contributed by atoms with E-state index in [2.05, 4.69) is 42.2 Å². The van der Waals surface area contributed by atoms with Gasteiger partial charge in [-0.3, -0.25) is 9.88 Å². The van der Waals surface area contributed by atoms with Crippen LogP contribution in [0.15, 0.2) is 42.0 Å². The van der Waals surface area contributed by atoms with E-state index in [-0.39, 0.29) is 6.09 Å². The Hall–Kier alpha value is -2.14. The molecule has 0 radical (unpaired) electrons. The second-order valence-electron chi connectivity index (χ2n) is 7.46. The van der Waals surface area contributed by atoms with E-state index in [0.29, 0.717) is 12.5 Å².